The summed E-state index contributed by atoms with van der Waals surface area (Å²) in [6.07, 6.45) is 9.18. The highest BCUT2D eigenvalue weighted by molar-refractivity contribution is 4.91. The third-order valence-corrected chi connectivity index (χ3v) is 3.51. The van der Waals surface area contributed by atoms with Crippen molar-refractivity contribution in [3.8, 4) is 0 Å². The molecule has 2 aliphatic rings. The molecule has 0 heterocycles. The average molecular weight is 138 g/mol. The normalized spacial score (nSPS) is 40.5. The molecule has 2 atom stereocenters. The summed E-state index contributed by atoms with van der Waals surface area (Å²) in [5.74, 6) is 3.47. The van der Waals surface area contributed by atoms with Gasteiger partial charge in [0.05, 0.1) is 0 Å². The maximum absolute atomic E-state index is 2.35. The highest BCUT2D eigenvalue weighted by atomic mass is 14.5. The summed E-state index contributed by atoms with van der Waals surface area (Å²) in [4.78, 5) is 0. The molecule has 2 rings (SSSR count). The first-order valence-electron chi connectivity index (χ1n) is 4.92. The molecule has 10 heavy (non-hydrogen) atoms. The molecule has 0 bridgehead atoms. The van der Waals surface area contributed by atoms with Crippen molar-refractivity contribution in [2.45, 2.75) is 45.4 Å². The third kappa shape index (κ3) is 1.09. The topological polar surface area (TPSA) is 0 Å². The van der Waals surface area contributed by atoms with Crippen LogP contribution < -0.4 is 0 Å². The van der Waals surface area contributed by atoms with Crippen molar-refractivity contribution in [2.24, 2.45) is 17.8 Å². The Morgan fingerprint density at radius 2 is 1.90 bits per heavy atom. The van der Waals surface area contributed by atoms with Gasteiger partial charge in [0.1, 0.15) is 0 Å². The molecule has 2 aliphatic carbocycles. The van der Waals surface area contributed by atoms with Crippen molar-refractivity contribution in [1.82, 2.24) is 0 Å². The van der Waals surface area contributed by atoms with E-state index in [0.29, 0.717) is 0 Å². The Kier molecular flexibility index (Phi) is 1.71. The summed E-state index contributed by atoms with van der Waals surface area (Å²) in [5, 5.41) is 0. The molecule has 0 spiro atoms. The number of hydrogen-bond donors (Lipinski definition) is 0. The fourth-order valence-electron chi connectivity index (χ4n) is 2.70. The van der Waals surface area contributed by atoms with E-state index >= 15 is 0 Å². The molecular weight excluding hydrogens is 120 g/mol. The molecule has 0 nitrogen and oxygen atoms in total. The lowest BCUT2D eigenvalue weighted by molar-refractivity contribution is 0.445. The first-order valence-corrected chi connectivity index (χ1v) is 4.92. The predicted molar refractivity (Wildman–Crippen MR) is 43.8 cm³/mol. The molecule has 0 aromatic heterocycles. The second-order valence-corrected chi connectivity index (χ2v) is 4.11. The lowest BCUT2D eigenvalue weighted by atomic mass is 10.0. The van der Waals surface area contributed by atoms with Crippen LogP contribution >= 0.6 is 0 Å². The zero-order valence-electron chi connectivity index (χ0n) is 6.97. The van der Waals surface area contributed by atoms with E-state index in [-0.39, 0.29) is 0 Å². The van der Waals surface area contributed by atoms with Crippen LogP contribution in [0, 0.1) is 17.8 Å². The second-order valence-electron chi connectivity index (χ2n) is 4.11. The smallest absolute Gasteiger partial charge is 0.0355 e. The molecule has 0 aromatic rings. The summed E-state index contributed by atoms with van der Waals surface area (Å²) < 4.78 is 0. The van der Waals surface area contributed by atoms with E-state index in [2.05, 4.69) is 6.92 Å². The van der Waals surface area contributed by atoms with Crippen molar-refractivity contribution in [2.75, 3.05) is 0 Å². The Bertz CT molecular complexity index is 111. The lowest BCUT2D eigenvalue weighted by Gasteiger charge is -2.05. The van der Waals surface area contributed by atoms with Gasteiger partial charge >= 0.3 is 0 Å². The molecule has 0 saturated heterocycles. The van der Waals surface area contributed by atoms with Gasteiger partial charge in [-0.2, -0.15) is 0 Å². The van der Waals surface area contributed by atoms with E-state index in [0.717, 1.165) is 11.8 Å². The Morgan fingerprint density at radius 1 is 1.20 bits per heavy atom. The van der Waals surface area contributed by atoms with Crippen molar-refractivity contribution >= 4 is 0 Å². The van der Waals surface area contributed by atoms with Crippen LogP contribution in [0.2, 0.25) is 0 Å². The molecule has 58 valence electrons. The van der Waals surface area contributed by atoms with Crippen LogP contribution in [0.1, 0.15) is 45.4 Å². The molecular formula is C10H18. The average Bonchev–Trinajstić information content (AvgIpc) is 2.56. The van der Waals surface area contributed by atoms with Gasteiger partial charge in [-0.25, -0.2) is 0 Å². The molecule has 0 amide bonds. The van der Waals surface area contributed by atoms with Gasteiger partial charge in [0, 0.05) is 0 Å². The van der Waals surface area contributed by atoms with Crippen LogP contribution in [0.5, 0.6) is 0 Å². The Labute approximate surface area is 64.0 Å². The molecule has 0 N–H and O–H groups in total. The molecule has 1 unspecified atom stereocenters. The first kappa shape index (κ1) is 6.69. The van der Waals surface area contributed by atoms with Gasteiger partial charge in [0.15, 0.2) is 0 Å². The van der Waals surface area contributed by atoms with E-state index in [9.17, 15) is 0 Å². The van der Waals surface area contributed by atoms with Gasteiger partial charge in [0.2, 0.25) is 0 Å². The number of rotatable bonds is 2. The highest BCUT2D eigenvalue weighted by Crippen LogP contribution is 2.51. The zero-order valence-corrected chi connectivity index (χ0v) is 6.97. The van der Waals surface area contributed by atoms with Gasteiger partial charge in [0.25, 0.3) is 0 Å². The minimum atomic E-state index is 1.14. The minimum Gasteiger partial charge on any atom is -0.0651 e. The van der Waals surface area contributed by atoms with Crippen LogP contribution in [-0.2, 0) is 0 Å². The third-order valence-electron chi connectivity index (χ3n) is 3.51. The van der Waals surface area contributed by atoms with Crippen LogP contribution in [0.3, 0.4) is 0 Å². The SMILES string of the molecule is CC[C@H]1CC1C1CCCC1. The highest BCUT2D eigenvalue weighted by Gasteiger charge is 2.41. The Balaban J connectivity index is 1.79. The van der Waals surface area contributed by atoms with E-state index in [4.69, 9.17) is 0 Å². The molecule has 0 aromatic carbocycles. The van der Waals surface area contributed by atoms with Crippen molar-refractivity contribution in [3.05, 3.63) is 0 Å². The van der Waals surface area contributed by atoms with Gasteiger partial charge in [-0.05, 0) is 24.2 Å². The molecule has 0 aliphatic heterocycles. The Morgan fingerprint density at radius 3 is 2.40 bits per heavy atom. The monoisotopic (exact) mass is 138 g/mol. The maximum Gasteiger partial charge on any atom is -0.0355 e. The van der Waals surface area contributed by atoms with Crippen molar-refractivity contribution < 1.29 is 0 Å². The summed E-state index contributed by atoms with van der Waals surface area (Å²) >= 11 is 0. The Hall–Kier alpha value is 0. The standard InChI is InChI=1S/C10H18/c1-2-8-7-10(8)9-5-3-4-6-9/h8-10H,2-7H2,1H3/t8-,10?/m0/s1. The second kappa shape index (κ2) is 2.56. The zero-order chi connectivity index (χ0) is 6.97. The van der Waals surface area contributed by atoms with Crippen molar-refractivity contribution in [3.63, 3.8) is 0 Å². The van der Waals surface area contributed by atoms with Crippen molar-refractivity contribution in [1.29, 1.82) is 0 Å². The fraction of sp³-hybridized carbons (Fsp3) is 1.00. The first-order chi connectivity index (χ1) is 4.92. The fourth-order valence-corrected chi connectivity index (χ4v) is 2.70. The van der Waals surface area contributed by atoms with E-state index in [1.54, 1.807) is 19.3 Å². The summed E-state index contributed by atoms with van der Waals surface area (Å²) in [5.41, 5.74) is 0. The van der Waals surface area contributed by atoms with Crippen LogP contribution in [0.15, 0.2) is 0 Å². The maximum atomic E-state index is 2.35. The van der Waals surface area contributed by atoms with Crippen LogP contribution in [-0.4, -0.2) is 0 Å². The summed E-state index contributed by atoms with van der Waals surface area (Å²) in [7, 11) is 0. The summed E-state index contributed by atoms with van der Waals surface area (Å²) in [6.45, 7) is 2.35. The molecule has 0 radical (unpaired) electrons. The van der Waals surface area contributed by atoms with Gasteiger partial charge < -0.3 is 0 Å². The van der Waals surface area contributed by atoms with Gasteiger partial charge in [-0.1, -0.05) is 39.0 Å². The van der Waals surface area contributed by atoms with E-state index < -0.39 is 0 Å². The lowest BCUT2D eigenvalue weighted by Crippen LogP contribution is -1.97. The number of hydrogen-bond acceptors (Lipinski definition) is 0. The van der Waals surface area contributed by atoms with Gasteiger partial charge in [-0.3, -0.25) is 0 Å². The van der Waals surface area contributed by atoms with Gasteiger partial charge in [-0.15, -0.1) is 0 Å². The van der Waals surface area contributed by atoms with E-state index in [1.165, 1.54) is 25.2 Å². The predicted octanol–water partition coefficient (Wildman–Crippen LogP) is 3.22. The molecule has 2 saturated carbocycles. The molecule has 0 heteroatoms. The quantitative estimate of drug-likeness (QED) is 0.549. The van der Waals surface area contributed by atoms with E-state index in [1.807, 2.05) is 0 Å². The van der Waals surface area contributed by atoms with Crippen LogP contribution in [0.25, 0.3) is 0 Å². The van der Waals surface area contributed by atoms with Crippen LogP contribution in [0.4, 0.5) is 0 Å². The minimum absolute atomic E-state index is 1.14. The summed E-state index contributed by atoms with van der Waals surface area (Å²) in [6, 6.07) is 0. The molecule has 2 fully saturated rings. The largest absolute Gasteiger partial charge is 0.0651 e.